The van der Waals surface area contributed by atoms with Crippen molar-refractivity contribution >= 4 is 0 Å². The number of hydrogen-bond acceptors (Lipinski definition) is 5. The fourth-order valence-electron chi connectivity index (χ4n) is 0.977. The lowest BCUT2D eigenvalue weighted by molar-refractivity contribution is 0.264. The van der Waals surface area contributed by atoms with Crippen LogP contribution < -0.4 is 5.73 Å². The van der Waals surface area contributed by atoms with Crippen molar-refractivity contribution in [3.05, 3.63) is 17.7 Å². The van der Waals surface area contributed by atoms with E-state index in [1.54, 1.807) is 0 Å². The van der Waals surface area contributed by atoms with Crippen molar-refractivity contribution < 1.29 is 20.4 Å². The zero-order valence-corrected chi connectivity index (χ0v) is 6.81. The average molecular weight is 185 g/mol. The number of phenols is 3. The summed E-state index contributed by atoms with van der Waals surface area (Å²) < 4.78 is 0. The van der Waals surface area contributed by atoms with Crippen LogP contribution in [0.5, 0.6) is 17.2 Å². The highest BCUT2D eigenvalue weighted by molar-refractivity contribution is 5.49. The molecule has 5 heteroatoms. The van der Waals surface area contributed by atoms with Crippen LogP contribution in [-0.4, -0.2) is 27.0 Å². The lowest BCUT2D eigenvalue weighted by Crippen LogP contribution is -2.14. The van der Waals surface area contributed by atoms with Crippen LogP contribution in [0.4, 0.5) is 0 Å². The predicted octanol–water partition coefficient (Wildman–Crippen LogP) is -0.205. The number of benzene rings is 1. The van der Waals surface area contributed by atoms with Gasteiger partial charge in [0.25, 0.3) is 0 Å². The molecule has 6 N–H and O–H groups in total. The van der Waals surface area contributed by atoms with Gasteiger partial charge in [-0.15, -0.1) is 0 Å². The lowest BCUT2D eigenvalue weighted by atomic mass is 10.1. The maximum Gasteiger partial charge on any atom is 0.161 e. The third-order valence-corrected chi connectivity index (χ3v) is 1.72. The first kappa shape index (κ1) is 9.63. The molecule has 0 amide bonds. The lowest BCUT2D eigenvalue weighted by Gasteiger charge is -2.11. The molecule has 0 aliphatic rings. The Morgan fingerprint density at radius 3 is 2.15 bits per heavy atom. The van der Waals surface area contributed by atoms with E-state index in [-0.39, 0.29) is 23.7 Å². The molecule has 1 atom stereocenters. The van der Waals surface area contributed by atoms with Crippen molar-refractivity contribution in [2.24, 2.45) is 5.73 Å². The molecule has 0 saturated carbocycles. The van der Waals surface area contributed by atoms with Gasteiger partial charge in [0.1, 0.15) is 5.75 Å². The Kier molecular flexibility index (Phi) is 2.60. The molecule has 0 fully saturated rings. The summed E-state index contributed by atoms with van der Waals surface area (Å²) >= 11 is 0. The minimum atomic E-state index is -0.772. The van der Waals surface area contributed by atoms with Crippen LogP contribution in [0.3, 0.4) is 0 Å². The number of aliphatic hydroxyl groups is 1. The van der Waals surface area contributed by atoms with E-state index in [2.05, 4.69) is 0 Å². The largest absolute Gasteiger partial charge is 0.507 e. The van der Waals surface area contributed by atoms with Gasteiger partial charge in [-0.3, -0.25) is 0 Å². The van der Waals surface area contributed by atoms with E-state index >= 15 is 0 Å². The summed E-state index contributed by atoms with van der Waals surface area (Å²) in [6.07, 6.45) is 0. The molecule has 72 valence electrons. The van der Waals surface area contributed by atoms with Gasteiger partial charge in [-0.05, 0) is 6.07 Å². The number of hydrogen-bond donors (Lipinski definition) is 5. The molecule has 5 nitrogen and oxygen atoms in total. The quantitative estimate of drug-likeness (QED) is 0.324. The van der Waals surface area contributed by atoms with Crippen LogP contribution in [0.15, 0.2) is 12.1 Å². The molecule has 0 bridgehead atoms. The summed E-state index contributed by atoms with van der Waals surface area (Å²) in [6, 6.07) is 1.32. The Bertz CT molecular complexity index is 313. The van der Waals surface area contributed by atoms with E-state index in [4.69, 9.17) is 21.1 Å². The normalized spacial score (nSPS) is 12.8. The molecule has 13 heavy (non-hydrogen) atoms. The Hall–Kier alpha value is -1.46. The number of phenolic OH excluding ortho intramolecular Hbond substituents is 3. The van der Waals surface area contributed by atoms with Gasteiger partial charge in [-0.25, -0.2) is 0 Å². The molecular weight excluding hydrogens is 174 g/mol. The summed E-state index contributed by atoms with van der Waals surface area (Å²) in [6.45, 7) is -0.349. The van der Waals surface area contributed by atoms with Gasteiger partial charge >= 0.3 is 0 Å². The molecule has 0 aliphatic heterocycles. The van der Waals surface area contributed by atoms with E-state index < -0.39 is 11.8 Å². The van der Waals surface area contributed by atoms with Crippen molar-refractivity contribution in [2.75, 3.05) is 6.61 Å². The maximum absolute atomic E-state index is 9.26. The molecular formula is C8H11NO4. The molecule has 1 rings (SSSR count). The van der Waals surface area contributed by atoms with E-state index in [9.17, 15) is 5.11 Å². The van der Waals surface area contributed by atoms with Crippen LogP contribution in [0.25, 0.3) is 0 Å². The number of aromatic hydroxyl groups is 3. The van der Waals surface area contributed by atoms with Gasteiger partial charge in [0.2, 0.25) is 0 Å². The van der Waals surface area contributed by atoms with Gasteiger partial charge in [0.15, 0.2) is 11.5 Å². The fraction of sp³-hybridized carbons (Fsp3) is 0.250. The molecule has 0 saturated heterocycles. The summed E-state index contributed by atoms with van der Waals surface area (Å²) in [7, 11) is 0. The predicted molar refractivity (Wildman–Crippen MR) is 45.5 cm³/mol. The first-order valence-electron chi connectivity index (χ1n) is 3.67. The van der Waals surface area contributed by atoms with E-state index in [1.807, 2.05) is 0 Å². The number of rotatable bonds is 2. The molecule has 0 radical (unpaired) electrons. The van der Waals surface area contributed by atoms with Crippen molar-refractivity contribution in [3.63, 3.8) is 0 Å². The molecule has 0 heterocycles. The Morgan fingerprint density at radius 1 is 1.08 bits per heavy atom. The summed E-state index contributed by atoms with van der Waals surface area (Å²) in [5, 5.41) is 36.0. The summed E-state index contributed by atoms with van der Waals surface area (Å²) in [5.74, 6) is -1.06. The van der Waals surface area contributed by atoms with Crippen molar-refractivity contribution in [3.8, 4) is 17.2 Å². The monoisotopic (exact) mass is 185 g/mol. The Morgan fingerprint density at radius 2 is 1.62 bits per heavy atom. The third kappa shape index (κ3) is 1.82. The smallest absolute Gasteiger partial charge is 0.161 e. The molecule has 1 aromatic rings. The van der Waals surface area contributed by atoms with Gasteiger partial charge in [-0.1, -0.05) is 0 Å². The zero-order valence-electron chi connectivity index (χ0n) is 6.81. The minimum absolute atomic E-state index is 0.192. The Balaban J connectivity index is 3.15. The second kappa shape index (κ2) is 3.51. The van der Waals surface area contributed by atoms with Crippen molar-refractivity contribution in [2.45, 2.75) is 6.04 Å². The third-order valence-electron chi connectivity index (χ3n) is 1.72. The van der Waals surface area contributed by atoms with E-state index in [1.165, 1.54) is 0 Å². The van der Waals surface area contributed by atoms with Crippen LogP contribution in [0.2, 0.25) is 0 Å². The van der Waals surface area contributed by atoms with Crippen LogP contribution >= 0.6 is 0 Å². The molecule has 0 spiro atoms. The second-order valence-electron chi connectivity index (χ2n) is 2.69. The fourth-order valence-corrected chi connectivity index (χ4v) is 0.977. The van der Waals surface area contributed by atoms with E-state index in [0.29, 0.717) is 0 Å². The summed E-state index contributed by atoms with van der Waals surface area (Å²) in [4.78, 5) is 0. The van der Waals surface area contributed by atoms with Gasteiger partial charge in [0.05, 0.1) is 12.6 Å². The van der Waals surface area contributed by atoms with Crippen molar-refractivity contribution in [1.82, 2.24) is 0 Å². The van der Waals surface area contributed by atoms with Crippen molar-refractivity contribution in [1.29, 1.82) is 0 Å². The highest BCUT2D eigenvalue weighted by Gasteiger charge is 2.13. The minimum Gasteiger partial charge on any atom is -0.507 e. The van der Waals surface area contributed by atoms with Gasteiger partial charge < -0.3 is 26.2 Å². The second-order valence-corrected chi connectivity index (χ2v) is 2.69. The maximum atomic E-state index is 9.26. The SMILES string of the molecule is NC(CO)c1cc(O)c(O)cc1O. The van der Waals surface area contributed by atoms with Crippen LogP contribution in [0.1, 0.15) is 11.6 Å². The molecule has 1 aromatic carbocycles. The zero-order chi connectivity index (χ0) is 10.0. The average Bonchev–Trinajstić information content (AvgIpc) is 2.10. The van der Waals surface area contributed by atoms with Crippen LogP contribution in [-0.2, 0) is 0 Å². The molecule has 0 aliphatic carbocycles. The van der Waals surface area contributed by atoms with Gasteiger partial charge in [0, 0.05) is 11.6 Å². The van der Waals surface area contributed by atoms with Crippen LogP contribution in [0, 0.1) is 0 Å². The van der Waals surface area contributed by atoms with Gasteiger partial charge in [-0.2, -0.15) is 0 Å². The number of nitrogens with two attached hydrogens (primary N) is 1. The highest BCUT2D eigenvalue weighted by Crippen LogP contribution is 2.34. The summed E-state index contributed by atoms with van der Waals surface area (Å²) in [5.41, 5.74) is 5.60. The number of aliphatic hydroxyl groups excluding tert-OH is 1. The Labute approximate surface area is 74.7 Å². The first-order chi connectivity index (χ1) is 6.06. The highest BCUT2D eigenvalue weighted by atomic mass is 16.3. The topological polar surface area (TPSA) is 107 Å². The first-order valence-corrected chi connectivity index (χ1v) is 3.67. The van der Waals surface area contributed by atoms with E-state index in [0.717, 1.165) is 12.1 Å². The molecule has 1 unspecified atom stereocenters. The standard InChI is InChI=1S/C8H11NO4/c9-5(3-10)4-1-7(12)8(13)2-6(4)11/h1-2,5,10-13H,3,9H2. The molecule has 0 aromatic heterocycles.